The van der Waals surface area contributed by atoms with Gasteiger partial charge in [0, 0.05) is 11.8 Å². The van der Waals surface area contributed by atoms with Crippen LogP contribution in [0.2, 0.25) is 0 Å². The molecule has 1 unspecified atom stereocenters. The van der Waals surface area contributed by atoms with Crippen LogP contribution in [0.5, 0.6) is 0 Å². The maximum Gasteiger partial charge on any atom is 0.231 e. The molecule has 1 saturated carbocycles. The maximum absolute atomic E-state index is 5.76. The number of nitrogens with two attached hydrogens (primary N) is 1. The van der Waals surface area contributed by atoms with Gasteiger partial charge < -0.3 is 10.3 Å². The fourth-order valence-corrected chi connectivity index (χ4v) is 3.55. The molecule has 5 heteroatoms. The van der Waals surface area contributed by atoms with Gasteiger partial charge >= 0.3 is 0 Å². The molecule has 2 rings (SSSR count). The molecule has 0 bridgehead atoms. The average Bonchev–Trinajstić information content (AvgIpc) is 2.97. The molecule has 1 aliphatic carbocycles. The first-order chi connectivity index (χ1) is 8.70. The fourth-order valence-electron chi connectivity index (χ4n) is 2.38. The number of aromatic nitrogens is 2. The Balaban J connectivity index is 1.88. The first-order valence-corrected chi connectivity index (χ1v) is 7.89. The predicted molar refractivity (Wildman–Crippen MR) is 74.5 cm³/mol. The molecule has 1 aliphatic rings. The summed E-state index contributed by atoms with van der Waals surface area (Å²) in [7, 11) is 0. The van der Waals surface area contributed by atoms with Crippen LogP contribution in [0.15, 0.2) is 4.52 Å². The highest BCUT2D eigenvalue weighted by Crippen LogP contribution is 2.31. The van der Waals surface area contributed by atoms with Crippen LogP contribution >= 0.6 is 11.8 Å². The van der Waals surface area contributed by atoms with Crippen molar-refractivity contribution in [1.29, 1.82) is 0 Å². The summed E-state index contributed by atoms with van der Waals surface area (Å²) >= 11 is 1.96. The summed E-state index contributed by atoms with van der Waals surface area (Å²) in [6.07, 6.45) is 5.43. The van der Waals surface area contributed by atoms with Gasteiger partial charge in [0.05, 0.1) is 11.7 Å². The van der Waals surface area contributed by atoms with Gasteiger partial charge in [-0.1, -0.05) is 31.8 Å². The van der Waals surface area contributed by atoms with Crippen LogP contribution in [0.3, 0.4) is 0 Å². The van der Waals surface area contributed by atoms with Crippen molar-refractivity contribution in [3.8, 4) is 0 Å². The van der Waals surface area contributed by atoms with Gasteiger partial charge in [0.1, 0.15) is 0 Å². The third-order valence-electron chi connectivity index (χ3n) is 3.61. The number of nitrogens with zero attached hydrogens (tertiary/aromatic N) is 2. The van der Waals surface area contributed by atoms with E-state index in [-0.39, 0.29) is 5.92 Å². The van der Waals surface area contributed by atoms with Gasteiger partial charge in [-0.3, -0.25) is 0 Å². The monoisotopic (exact) mass is 269 g/mol. The highest BCUT2D eigenvalue weighted by molar-refractivity contribution is 7.99. The zero-order chi connectivity index (χ0) is 13.0. The van der Waals surface area contributed by atoms with Crippen molar-refractivity contribution in [3.05, 3.63) is 11.7 Å². The van der Waals surface area contributed by atoms with Crippen molar-refractivity contribution >= 4 is 11.8 Å². The van der Waals surface area contributed by atoms with Crippen LogP contribution in [-0.4, -0.2) is 21.9 Å². The topological polar surface area (TPSA) is 64.9 Å². The standard InChI is InChI=1S/C13H23N3OS/c1-9(2)11(7-14)13-15-12(16-17-13)8-18-10-5-3-4-6-10/h9-11H,3-8,14H2,1-2H3. The van der Waals surface area contributed by atoms with Crippen molar-refractivity contribution in [3.63, 3.8) is 0 Å². The molecule has 0 aromatic carbocycles. The average molecular weight is 269 g/mol. The normalized spacial score (nSPS) is 18.7. The van der Waals surface area contributed by atoms with E-state index >= 15 is 0 Å². The molecule has 1 aromatic rings. The maximum atomic E-state index is 5.76. The van der Waals surface area contributed by atoms with E-state index in [2.05, 4.69) is 24.0 Å². The van der Waals surface area contributed by atoms with Gasteiger partial charge in [0.25, 0.3) is 0 Å². The van der Waals surface area contributed by atoms with Crippen molar-refractivity contribution in [2.75, 3.05) is 6.54 Å². The van der Waals surface area contributed by atoms with E-state index in [0.29, 0.717) is 18.4 Å². The van der Waals surface area contributed by atoms with Crippen LogP contribution in [0.25, 0.3) is 0 Å². The van der Waals surface area contributed by atoms with Gasteiger partial charge in [-0.2, -0.15) is 16.7 Å². The molecule has 18 heavy (non-hydrogen) atoms. The van der Waals surface area contributed by atoms with Crippen LogP contribution in [-0.2, 0) is 5.75 Å². The largest absolute Gasteiger partial charge is 0.339 e. The Hall–Kier alpha value is -0.550. The Bertz CT molecular complexity index is 361. The van der Waals surface area contributed by atoms with E-state index in [1.54, 1.807) is 0 Å². The molecule has 102 valence electrons. The molecule has 2 N–H and O–H groups in total. The third-order valence-corrected chi connectivity index (χ3v) is 4.98. The lowest BCUT2D eigenvalue weighted by Gasteiger charge is -2.13. The lowest BCUT2D eigenvalue weighted by atomic mass is 9.96. The summed E-state index contributed by atoms with van der Waals surface area (Å²) in [4.78, 5) is 4.49. The Morgan fingerprint density at radius 3 is 2.72 bits per heavy atom. The first kappa shape index (κ1) is 13.9. The number of rotatable bonds is 6. The minimum absolute atomic E-state index is 0.183. The Morgan fingerprint density at radius 1 is 1.39 bits per heavy atom. The molecule has 1 aromatic heterocycles. The molecule has 0 saturated heterocycles. The minimum atomic E-state index is 0.183. The summed E-state index contributed by atoms with van der Waals surface area (Å²) < 4.78 is 5.34. The van der Waals surface area contributed by atoms with Crippen molar-refractivity contribution in [2.24, 2.45) is 11.7 Å². The van der Waals surface area contributed by atoms with Crippen LogP contribution in [0, 0.1) is 5.92 Å². The van der Waals surface area contributed by atoms with Gasteiger partial charge in [-0.25, -0.2) is 0 Å². The van der Waals surface area contributed by atoms with E-state index in [1.807, 2.05) is 11.8 Å². The Morgan fingerprint density at radius 2 is 2.11 bits per heavy atom. The van der Waals surface area contributed by atoms with Crippen LogP contribution in [0.4, 0.5) is 0 Å². The summed E-state index contributed by atoms with van der Waals surface area (Å²) in [5, 5.41) is 4.86. The van der Waals surface area contributed by atoms with Gasteiger partial charge in [0.2, 0.25) is 5.89 Å². The lowest BCUT2D eigenvalue weighted by Crippen LogP contribution is -2.18. The summed E-state index contributed by atoms with van der Waals surface area (Å²) in [5.41, 5.74) is 5.76. The molecule has 1 heterocycles. The quantitative estimate of drug-likeness (QED) is 0.860. The second kappa shape index (κ2) is 6.57. The lowest BCUT2D eigenvalue weighted by molar-refractivity contribution is 0.322. The molecule has 4 nitrogen and oxygen atoms in total. The molecule has 0 radical (unpaired) electrons. The zero-order valence-corrected chi connectivity index (χ0v) is 12.1. The smallest absolute Gasteiger partial charge is 0.231 e. The van der Waals surface area contributed by atoms with Crippen LogP contribution in [0.1, 0.15) is 57.2 Å². The van der Waals surface area contributed by atoms with Gasteiger partial charge in [-0.05, 0) is 18.8 Å². The van der Waals surface area contributed by atoms with Crippen molar-refractivity contribution in [2.45, 2.75) is 56.5 Å². The fraction of sp³-hybridized carbons (Fsp3) is 0.846. The second-order valence-electron chi connectivity index (χ2n) is 5.35. The summed E-state index contributed by atoms with van der Waals surface area (Å²) in [6.45, 7) is 4.83. The molecule has 0 aliphatic heterocycles. The molecule has 0 spiro atoms. The number of hydrogen-bond acceptors (Lipinski definition) is 5. The van der Waals surface area contributed by atoms with E-state index in [0.717, 1.165) is 16.8 Å². The Labute approximate surface area is 113 Å². The third kappa shape index (κ3) is 3.48. The number of hydrogen-bond donors (Lipinski definition) is 1. The van der Waals surface area contributed by atoms with Crippen LogP contribution < -0.4 is 5.73 Å². The second-order valence-corrected chi connectivity index (χ2v) is 6.64. The molecular weight excluding hydrogens is 246 g/mol. The summed E-state index contributed by atoms with van der Waals surface area (Å²) in [6, 6.07) is 0. The molecular formula is C13H23N3OS. The summed E-state index contributed by atoms with van der Waals surface area (Å²) in [5.74, 6) is 3.01. The first-order valence-electron chi connectivity index (χ1n) is 6.85. The highest BCUT2D eigenvalue weighted by atomic mass is 32.2. The van der Waals surface area contributed by atoms with Crippen molar-refractivity contribution < 1.29 is 4.52 Å². The van der Waals surface area contributed by atoms with E-state index < -0.39 is 0 Å². The van der Waals surface area contributed by atoms with Gasteiger partial charge in [-0.15, -0.1) is 0 Å². The Kier molecular flexibility index (Phi) is 5.06. The van der Waals surface area contributed by atoms with E-state index in [1.165, 1.54) is 25.7 Å². The highest BCUT2D eigenvalue weighted by Gasteiger charge is 2.22. The predicted octanol–water partition coefficient (Wildman–Crippen LogP) is 2.94. The van der Waals surface area contributed by atoms with Gasteiger partial charge in [0.15, 0.2) is 5.82 Å². The van der Waals surface area contributed by atoms with E-state index in [9.17, 15) is 0 Å². The SMILES string of the molecule is CC(C)C(CN)c1nc(CSC2CCCC2)no1. The molecule has 0 amide bonds. The minimum Gasteiger partial charge on any atom is -0.339 e. The molecule has 1 fully saturated rings. The van der Waals surface area contributed by atoms with E-state index in [4.69, 9.17) is 10.3 Å². The van der Waals surface area contributed by atoms with Crippen molar-refractivity contribution in [1.82, 2.24) is 10.1 Å². The number of thioether (sulfide) groups is 1. The molecule has 1 atom stereocenters. The zero-order valence-electron chi connectivity index (χ0n) is 11.3.